The Kier molecular flexibility index (Phi) is 15.6. The third kappa shape index (κ3) is 11.3. The van der Waals surface area contributed by atoms with Crippen LogP contribution in [0.3, 0.4) is 0 Å². The van der Waals surface area contributed by atoms with E-state index in [1.165, 1.54) is 49.2 Å². The van der Waals surface area contributed by atoms with Crippen molar-refractivity contribution in [1.29, 1.82) is 0 Å². The Balaban J connectivity index is 1.09. The Hall–Kier alpha value is -6.69. The lowest BCUT2D eigenvalue weighted by atomic mass is 9.80. The van der Waals surface area contributed by atoms with Gasteiger partial charge in [0.2, 0.25) is 0 Å². The number of hydrogen-bond acceptors (Lipinski definition) is 20. The van der Waals surface area contributed by atoms with Crippen LogP contribution in [0.25, 0.3) is 11.2 Å². The predicted molar refractivity (Wildman–Crippen MR) is 265 cm³/mol. The largest absolute Gasteiger partial charge is 0.695 e. The van der Waals surface area contributed by atoms with Crippen molar-refractivity contribution < 1.29 is 56.2 Å². The standard InChI is InChI=1S/C47H47N9O14P2S/c1-63-34-16-10-31(11-17-34)47(30-6-4-3-5-7-30,32-12-18-35(64-2)19-13-32)65-24-38-37(23-42(67-38)55-28-52-43-44(49)50-27-51-45(43)55)70-72(62,73-26-29-8-14-33(15-9-29)56(58)59)66-25-39-36(69-71(60)61)22-41(68-39)54-21-20-40(48)53-46(54)57/h3-21,27-28,36-39,41-42H,22-26H2,1-2H3,(H4-,48,49,50,51,53,57,60,61)/p+1/t36-,37-,38+,39+,41+,42+,72?/m0/s1. The van der Waals surface area contributed by atoms with Crippen molar-refractivity contribution in [3.05, 3.63) is 171 Å². The second-order valence-corrected chi connectivity index (χ2v) is 21.3. The zero-order valence-electron chi connectivity index (χ0n) is 39.0. The lowest BCUT2D eigenvalue weighted by Crippen LogP contribution is -2.38. The van der Waals surface area contributed by atoms with E-state index in [0.29, 0.717) is 28.2 Å². The minimum atomic E-state index is -4.46. The molecule has 0 amide bonds. The van der Waals surface area contributed by atoms with Crippen LogP contribution >= 0.6 is 26.4 Å². The molecule has 2 aliphatic rings. The molecule has 0 radical (unpaired) electrons. The first-order chi connectivity index (χ1) is 35.2. The highest BCUT2D eigenvalue weighted by Crippen LogP contribution is 2.64. The van der Waals surface area contributed by atoms with Crippen LogP contribution in [-0.4, -0.2) is 90.7 Å². The van der Waals surface area contributed by atoms with Gasteiger partial charge in [0.1, 0.15) is 71.6 Å². The number of hydrogen-bond donors (Lipinski definition) is 3. The van der Waals surface area contributed by atoms with E-state index in [2.05, 4.69) is 19.9 Å². The number of imidazole rings is 1. The molecule has 0 saturated carbocycles. The van der Waals surface area contributed by atoms with Gasteiger partial charge in [-0.25, -0.2) is 24.3 Å². The summed E-state index contributed by atoms with van der Waals surface area (Å²) in [5.74, 6) is 1.33. The molecule has 2 fully saturated rings. The van der Waals surface area contributed by atoms with E-state index >= 15 is 4.57 Å². The van der Waals surface area contributed by atoms with Gasteiger partial charge in [-0.05, 0) is 64.0 Å². The third-order valence-corrected chi connectivity index (χ3v) is 16.4. The average molecular weight is 1060 g/mol. The molecule has 0 spiro atoms. The van der Waals surface area contributed by atoms with Crippen LogP contribution in [0.5, 0.6) is 11.5 Å². The maximum atomic E-state index is 15.6. The Morgan fingerprint density at radius 2 is 1.45 bits per heavy atom. The molecule has 73 heavy (non-hydrogen) atoms. The Morgan fingerprint density at radius 3 is 2.07 bits per heavy atom. The SMILES string of the molecule is COc1ccc(C(OC[C@H]2O[C@@H](n3cnc4c(N)ncnc43)C[C@@H]2OP(=O)(OC[C@H]2O[C@@H](n3ccc(N)nc3=O)C[C@@H]2O[P+](=O)O)SCc2ccc([N+](=O)[O-])cc2)(c2ccccc2)c2ccc(OC)cc2)cc1. The van der Waals surface area contributed by atoms with E-state index in [4.69, 9.17) is 48.7 Å². The lowest BCUT2D eigenvalue weighted by molar-refractivity contribution is -0.384. The minimum absolute atomic E-state index is 0.0229. The molecule has 23 nitrogen and oxygen atoms in total. The fraction of sp³-hybridized carbons (Fsp3) is 0.298. The molecule has 3 aromatic heterocycles. The summed E-state index contributed by atoms with van der Waals surface area (Å²) in [5, 5.41) is 11.5. The van der Waals surface area contributed by atoms with Crippen LogP contribution < -0.4 is 26.6 Å². The third-order valence-electron chi connectivity index (χ3n) is 12.3. The van der Waals surface area contributed by atoms with E-state index in [1.54, 1.807) is 18.8 Å². The molecule has 4 aromatic carbocycles. The first-order valence-corrected chi connectivity index (χ1v) is 26.7. The maximum Gasteiger partial charge on any atom is 0.695 e. The number of non-ortho nitro benzene ring substituents is 1. The van der Waals surface area contributed by atoms with E-state index in [9.17, 15) is 24.4 Å². The van der Waals surface area contributed by atoms with Crippen molar-refractivity contribution >= 4 is 54.9 Å². The summed E-state index contributed by atoms with van der Waals surface area (Å²) in [4.78, 5) is 50.4. The fourth-order valence-electron chi connectivity index (χ4n) is 8.68. The first kappa shape index (κ1) is 51.2. The summed E-state index contributed by atoms with van der Waals surface area (Å²) in [6, 6.07) is 31.6. The quantitative estimate of drug-likeness (QED) is 0.0276. The highest BCUT2D eigenvalue weighted by Gasteiger charge is 2.48. The molecule has 8 atom stereocenters. The van der Waals surface area contributed by atoms with Crippen molar-refractivity contribution in [2.24, 2.45) is 0 Å². The van der Waals surface area contributed by atoms with Gasteiger partial charge in [0, 0.05) is 41.5 Å². The molecule has 2 aliphatic heterocycles. The Morgan fingerprint density at radius 1 is 0.836 bits per heavy atom. The molecule has 380 valence electrons. The number of nitrogens with zero attached hydrogens (tertiary/aromatic N) is 7. The van der Waals surface area contributed by atoms with Crippen LogP contribution in [-0.2, 0) is 48.3 Å². The number of nitro groups is 1. The van der Waals surface area contributed by atoms with Gasteiger partial charge in [0.05, 0.1) is 38.7 Å². The summed E-state index contributed by atoms with van der Waals surface area (Å²) < 4.78 is 80.1. The Bertz CT molecular complexity index is 3130. The molecule has 2 saturated heterocycles. The molecule has 0 bridgehead atoms. The van der Waals surface area contributed by atoms with Crippen molar-refractivity contribution in [3.8, 4) is 11.5 Å². The van der Waals surface area contributed by atoms with Crippen molar-refractivity contribution in [2.45, 2.75) is 61.1 Å². The summed E-state index contributed by atoms with van der Waals surface area (Å²) in [5.41, 5.74) is 13.1. The molecular weight excluding hydrogens is 1010 g/mol. The average Bonchev–Trinajstić information content (AvgIpc) is 4.13. The summed E-state index contributed by atoms with van der Waals surface area (Å²) in [6.45, 7) is -5.18. The van der Waals surface area contributed by atoms with Crippen LogP contribution in [0.15, 0.2) is 133 Å². The smallest absolute Gasteiger partial charge is 0.497 e. The van der Waals surface area contributed by atoms with E-state index in [-0.39, 0.29) is 42.5 Å². The van der Waals surface area contributed by atoms with Gasteiger partial charge in [0.25, 0.3) is 5.69 Å². The molecule has 26 heteroatoms. The second kappa shape index (κ2) is 22.2. The molecule has 5 N–H and O–H groups in total. The summed E-state index contributed by atoms with van der Waals surface area (Å²) in [6.07, 6.45) is -2.20. The van der Waals surface area contributed by atoms with Gasteiger partial charge >= 0.3 is 20.7 Å². The van der Waals surface area contributed by atoms with E-state index < -0.39 is 74.7 Å². The molecular formula is C47H48N9O14P2S+. The number of nitrogen functional groups attached to an aromatic ring is 2. The number of nitrogens with two attached hydrogens (primary N) is 2. The van der Waals surface area contributed by atoms with E-state index in [1.807, 2.05) is 78.9 Å². The van der Waals surface area contributed by atoms with Crippen molar-refractivity contribution in [3.63, 3.8) is 0 Å². The van der Waals surface area contributed by atoms with Gasteiger partial charge in [0.15, 0.2) is 11.5 Å². The van der Waals surface area contributed by atoms with Crippen LogP contribution in [0.2, 0.25) is 0 Å². The van der Waals surface area contributed by atoms with Gasteiger partial charge in [-0.3, -0.25) is 28.3 Å². The number of rotatable bonds is 21. The Labute approximate surface area is 421 Å². The summed E-state index contributed by atoms with van der Waals surface area (Å²) in [7, 11) is -0.0239. The zero-order valence-corrected chi connectivity index (χ0v) is 41.6. The highest BCUT2D eigenvalue weighted by atomic mass is 32.7. The topological polar surface area (TPSA) is 302 Å². The molecule has 0 aliphatic carbocycles. The number of benzene rings is 4. The summed E-state index contributed by atoms with van der Waals surface area (Å²) >= 11 is 0.787. The number of ether oxygens (including phenoxy) is 5. The number of methoxy groups -OCH3 is 2. The van der Waals surface area contributed by atoms with Gasteiger partial charge in [-0.15, -0.1) is 9.42 Å². The van der Waals surface area contributed by atoms with E-state index in [0.717, 1.165) is 32.6 Å². The highest BCUT2D eigenvalue weighted by molar-refractivity contribution is 8.54. The van der Waals surface area contributed by atoms with Crippen LogP contribution in [0.1, 0.15) is 47.6 Å². The van der Waals surface area contributed by atoms with Crippen molar-refractivity contribution in [1.82, 2.24) is 29.1 Å². The van der Waals surface area contributed by atoms with Gasteiger partial charge < -0.3 is 35.2 Å². The lowest BCUT2D eigenvalue weighted by Gasteiger charge is -2.37. The second-order valence-electron chi connectivity index (χ2n) is 16.6. The van der Waals surface area contributed by atoms with Crippen LogP contribution in [0.4, 0.5) is 17.3 Å². The van der Waals surface area contributed by atoms with Gasteiger partial charge in [-0.2, -0.15) is 4.98 Å². The predicted octanol–water partition coefficient (Wildman–Crippen LogP) is 7.23. The van der Waals surface area contributed by atoms with Crippen LogP contribution in [0, 0.1) is 10.1 Å². The number of anilines is 2. The number of fused-ring (bicyclic) bond motifs is 1. The van der Waals surface area contributed by atoms with Gasteiger partial charge in [-0.1, -0.05) is 66.7 Å². The normalized spacial score (nSPS) is 20.9. The van der Waals surface area contributed by atoms with Crippen molar-refractivity contribution in [2.75, 3.05) is 38.9 Å². The number of nitro benzene ring substituents is 1. The molecule has 7 aromatic rings. The fourth-order valence-corrected chi connectivity index (χ4v) is 12.6. The molecule has 5 heterocycles. The monoisotopic (exact) mass is 1060 g/mol. The minimum Gasteiger partial charge on any atom is -0.497 e. The number of aromatic nitrogens is 6. The molecule has 2 unspecified atom stereocenters. The zero-order chi connectivity index (χ0) is 51.3. The first-order valence-electron chi connectivity index (χ1n) is 22.5. The maximum absolute atomic E-state index is 15.6. The molecule has 9 rings (SSSR count).